The highest BCUT2D eigenvalue weighted by Gasteiger charge is 2.15. The number of H-pyrrole nitrogens is 1. The zero-order valence-electron chi connectivity index (χ0n) is 11.9. The largest absolute Gasteiger partial charge is 0.361 e. The van der Waals surface area contributed by atoms with Crippen molar-refractivity contribution >= 4 is 10.9 Å². The minimum Gasteiger partial charge on any atom is -0.361 e. The first-order valence-electron chi connectivity index (χ1n) is 7.30. The maximum absolute atomic E-state index is 3.40. The van der Waals surface area contributed by atoms with Gasteiger partial charge >= 0.3 is 0 Å². The van der Waals surface area contributed by atoms with Crippen LogP contribution in [-0.4, -0.2) is 42.1 Å². The van der Waals surface area contributed by atoms with E-state index in [0.717, 1.165) is 32.6 Å². The standard InChI is InChI=1S/C17H21N3/c1-14-12-18-9-11-20(14)10-5-4-6-15-13-19-17-8-3-2-7-16(15)17/h2-3,7-8,13-14,18-19H,6,9-12H2,1H3. The summed E-state index contributed by atoms with van der Waals surface area (Å²) in [6.07, 6.45) is 2.90. The molecular formula is C17H21N3. The molecule has 2 heterocycles. The lowest BCUT2D eigenvalue weighted by Crippen LogP contribution is -2.49. The molecule has 1 aromatic heterocycles. The smallest absolute Gasteiger partial charge is 0.0604 e. The molecule has 104 valence electrons. The molecular weight excluding hydrogens is 246 g/mol. The molecule has 1 aliphatic rings. The number of rotatable bonds is 2. The van der Waals surface area contributed by atoms with Gasteiger partial charge in [-0.1, -0.05) is 30.0 Å². The van der Waals surface area contributed by atoms with E-state index >= 15 is 0 Å². The van der Waals surface area contributed by atoms with E-state index in [1.165, 1.54) is 16.5 Å². The van der Waals surface area contributed by atoms with Gasteiger partial charge in [-0.05, 0) is 18.6 Å². The van der Waals surface area contributed by atoms with Crippen molar-refractivity contribution in [2.24, 2.45) is 0 Å². The Hall–Kier alpha value is -1.76. The van der Waals surface area contributed by atoms with Crippen LogP contribution in [0.5, 0.6) is 0 Å². The number of nitrogens with one attached hydrogen (secondary N) is 2. The summed E-state index contributed by atoms with van der Waals surface area (Å²) in [5.74, 6) is 6.64. The Morgan fingerprint density at radius 3 is 3.10 bits per heavy atom. The molecule has 1 atom stereocenters. The van der Waals surface area contributed by atoms with Crippen molar-refractivity contribution in [3.63, 3.8) is 0 Å². The summed E-state index contributed by atoms with van der Waals surface area (Å²) in [4.78, 5) is 5.74. The fraction of sp³-hybridized carbons (Fsp3) is 0.412. The van der Waals surface area contributed by atoms with Gasteiger partial charge in [0.15, 0.2) is 0 Å². The predicted octanol–water partition coefficient (Wildman–Crippen LogP) is 2.01. The summed E-state index contributed by atoms with van der Waals surface area (Å²) in [6.45, 7) is 6.39. The average Bonchev–Trinajstić information content (AvgIpc) is 2.89. The Morgan fingerprint density at radius 1 is 1.30 bits per heavy atom. The molecule has 0 spiro atoms. The van der Waals surface area contributed by atoms with Crippen LogP contribution in [-0.2, 0) is 6.42 Å². The van der Waals surface area contributed by atoms with Crippen LogP contribution in [0.25, 0.3) is 10.9 Å². The van der Waals surface area contributed by atoms with Crippen molar-refractivity contribution in [2.45, 2.75) is 19.4 Å². The van der Waals surface area contributed by atoms with E-state index in [2.05, 4.69) is 64.4 Å². The minimum absolute atomic E-state index is 0.589. The number of nitrogens with zero attached hydrogens (tertiary/aromatic N) is 1. The van der Waals surface area contributed by atoms with Gasteiger partial charge in [-0.15, -0.1) is 0 Å². The van der Waals surface area contributed by atoms with Gasteiger partial charge in [0, 0.05) is 49.2 Å². The number of fused-ring (bicyclic) bond motifs is 1. The second-order valence-electron chi connectivity index (χ2n) is 5.41. The zero-order chi connectivity index (χ0) is 13.8. The maximum Gasteiger partial charge on any atom is 0.0604 e. The van der Waals surface area contributed by atoms with Crippen LogP contribution in [0.3, 0.4) is 0 Å². The highest BCUT2D eigenvalue weighted by molar-refractivity contribution is 5.83. The summed E-state index contributed by atoms with van der Waals surface area (Å²) < 4.78 is 0. The molecule has 3 nitrogen and oxygen atoms in total. The molecule has 0 amide bonds. The lowest BCUT2D eigenvalue weighted by Gasteiger charge is -2.32. The van der Waals surface area contributed by atoms with E-state index in [1.807, 2.05) is 0 Å². The quantitative estimate of drug-likeness (QED) is 0.816. The molecule has 1 unspecified atom stereocenters. The van der Waals surface area contributed by atoms with E-state index in [4.69, 9.17) is 0 Å². The van der Waals surface area contributed by atoms with Gasteiger partial charge in [-0.25, -0.2) is 0 Å². The summed E-state index contributed by atoms with van der Waals surface area (Å²) in [7, 11) is 0. The molecule has 1 aromatic carbocycles. The van der Waals surface area contributed by atoms with Gasteiger partial charge in [0.25, 0.3) is 0 Å². The van der Waals surface area contributed by atoms with Crippen LogP contribution < -0.4 is 5.32 Å². The first-order valence-corrected chi connectivity index (χ1v) is 7.30. The third kappa shape index (κ3) is 2.87. The van der Waals surface area contributed by atoms with Crippen molar-refractivity contribution in [1.29, 1.82) is 0 Å². The molecule has 0 radical (unpaired) electrons. The Kier molecular flexibility index (Phi) is 4.05. The Bertz CT molecular complexity index is 632. The van der Waals surface area contributed by atoms with Crippen molar-refractivity contribution < 1.29 is 0 Å². The van der Waals surface area contributed by atoms with E-state index in [1.54, 1.807) is 0 Å². The molecule has 2 N–H and O–H groups in total. The molecule has 1 aliphatic heterocycles. The number of hydrogen-bond acceptors (Lipinski definition) is 2. The van der Waals surface area contributed by atoms with Crippen molar-refractivity contribution in [3.8, 4) is 11.8 Å². The lowest BCUT2D eigenvalue weighted by molar-refractivity contribution is 0.196. The SMILES string of the molecule is CC1CNCCN1CC#CCc1c[nH]c2ccccc12. The van der Waals surface area contributed by atoms with Crippen LogP contribution >= 0.6 is 0 Å². The molecule has 0 saturated carbocycles. The fourth-order valence-electron chi connectivity index (χ4n) is 2.71. The fourth-order valence-corrected chi connectivity index (χ4v) is 2.71. The molecule has 0 bridgehead atoms. The number of aromatic amines is 1. The third-order valence-corrected chi connectivity index (χ3v) is 4.00. The number of piperazine rings is 1. The molecule has 20 heavy (non-hydrogen) atoms. The number of hydrogen-bond donors (Lipinski definition) is 2. The predicted molar refractivity (Wildman–Crippen MR) is 83.7 cm³/mol. The maximum atomic E-state index is 3.40. The zero-order valence-corrected chi connectivity index (χ0v) is 11.9. The molecule has 1 fully saturated rings. The molecule has 1 saturated heterocycles. The van der Waals surface area contributed by atoms with Gasteiger partial charge in [0.1, 0.15) is 0 Å². The Balaban J connectivity index is 1.61. The molecule has 3 rings (SSSR count). The Morgan fingerprint density at radius 2 is 2.20 bits per heavy atom. The number of para-hydroxylation sites is 1. The minimum atomic E-state index is 0.589. The first-order chi connectivity index (χ1) is 9.84. The first kappa shape index (κ1) is 13.2. The van der Waals surface area contributed by atoms with E-state index in [9.17, 15) is 0 Å². The number of aromatic nitrogens is 1. The lowest BCUT2D eigenvalue weighted by atomic mass is 10.1. The summed E-state index contributed by atoms with van der Waals surface area (Å²) in [5, 5.41) is 4.69. The highest BCUT2D eigenvalue weighted by atomic mass is 15.2. The van der Waals surface area contributed by atoms with Crippen LogP contribution in [0.2, 0.25) is 0 Å². The van der Waals surface area contributed by atoms with Gasteiger partial charge in [0.2, 0.25) is 0 Å². The number of benzene rings is 1. The van der Waals surface area contributed by atoms with Crippen LogP contribution in [0.15, 0.2) is 30.5 Å². The van der Waals surface area contributed by atoms with E-state index in [-0.39, 0.29) is 0 Å². The van der Waals surface area contributed by atoms with Gasteiger partial charge in [0.05, 0.1) is 6.54 Å². The second-order valence-corrected chi connectivity index (χ2v) is 5.41. The van der Waals surface area contributed by atoms with Crippen LogP contribution in [0.1, 0.15) is 12.5 Å². The van der Waals surface area contributed by atoms with Crippen molar-refractivity contribution in [1.82, 2.24) is 15.2 Å². The van der Waals surface area contributed by atoms with E-state index < -0.39 is 0 Å². The van der Waals surface area contributed by atoms with Gasteiger partial charge in [-0.2, -0.15) is 0 Å². The summed E-state index contributed by atoms with van der Waals surface area (Å²) >= 11 is 0. The second kappa shape index (κ2) is 6.13. The van der Waals surface area contributed by atoms with Crippen LogP contribution in [0, 0.1) is 11.8 Å². The summed E-state index contributed by atoms with van der Waals surface area (Å²) in [6, 6.07) is 8.98. The highest BCUT2D eigenvalue weighted by Crippen LogP contribution is 2.17. The summed E-state index contributed by atoms with van der Waals surface area (Å²) in [5.41, 5.74) is 2.49. The van der Waals surface area contributed by atoms with Crippen molar-refractivity contribution in [3.05, 3.63) is 36.0 Å². The van der Waals surface area contributed by atoms with E-state index in [0.29, 0.717) is 6.04 Å². The molecule has 3 heteroatoms. The topological polar surface area (TPSA) is 31.1 Å². The monoisotopic (exact) mass is 267 g/mol. The van der Waals surface area contributed by atoms with Gasteiger partial charge < -0.3 is 10.3 Å². The third-order valence-electron chi connectivity index (χ3n) is 4.00. The van der Waals surface area contributed by atoms with Crippen LogP contribution in [0.4, 0.5) is 0 Å². The van der Waals surface area contributed by atoms with Crippen molar-refractivity contribution in [2.75, 3.05) is 26.2 Å². The molecule has 2 aromatic rings. The van der Waals surface area contributed by atoms with Gasteiger partial charge in [-0.3, -0.25) is 4.90 Å². The normalized spacial score (nSPS) is 19.8. The average molecular weight is 267 g/mol. The molecule has 0 aliphatic carbocycles. The Labute approximate surface area is 120 Å².